The number of carboxylic acids is 1. The number of hydrogen-bond donors (Lipinski definition) is 4. The molecular formula is C13H17N3O4. The summed E-state index contributed by atoms with van der Waals surface area (Å²) in [5.41, 5.74) is -0.882. The van der Waals surface area contributed by atoms with Crippen LogP contribution in [-0.2, 0) is 9.59 Å². The maximum absolute atomic E-state index is 12.0. The summed E-state index contributed by atoms with van der Waals surface area (Å²) in [4.78, 5) is 27.6. The molecule has 0 radical (unpaired) electrons. The summed E-state index contributed by atoms with van der Waals surface area (Å²) in [6.45, 7) is 5.42. The van der Waals surface area contributed by atoms with E-state index < -0.39 is 17.7 Å². The van der Waals surface area contributed by atoms with Crippen molar-refractivity contribution in [1.82, 2.24) is 10.6 Å². The molecule has 0 aromatic carbocycles. The van der Waals surface area contributed by atoms with Crippen molar-refractivity contribution in [2.45, 2.75) is 32.5 Å². The molecule has 7 nitrogen and oxygen atoms in total. The molecule has 0 spiro atoms. The normalized spacial score (nSPS) is 29.4. The lowest BCUT2D eigenvalue weighted by molar-refractivity contribution is -0.132. The van der Waals surface area contributed by atoms with Crippen LogP contribution in [0.2, 0.25) is 0 Å². The zero-order chi connectivity index (χ0) is 15.1. The van der Waals surface area contributed by atoms with Crippen LogP contribution in [0, 0.1) is 5.92 Å². The van der Waals surface area contributed by atoms with E-state index in [2.05, 4.69) is 15.6 Å². The van der Waals surface area contributed by atoms with Crippen LogP contribution in [0.4, 0.5) is 0 Å². The van der Waals surface area contributed by atoms with Crippen LogP contribution in [0.5, 0.6) is 0 Å². The number of carboxylic acid groups (broad SMARTS) is 1. The highest BCUT2D eigenvalue weighted by Crippen LogP contribution is 2.27. The van der Waals surface area contributed by atoms with Gasteiger partial charge in [0, 0.05) is 0 Å². The number of dihydropyridines is 1. The molecule has 7 heteroatoms. The number of rotatable bonds is 3. The molecule has 0 aromatic heterocycles. The molecule has 0 fully saturated rings. The molecule has 0 saturated carbocycles. The molecular weight excluding hydrogens is 262 g/mol. The van der Waals surface area contributed by atoms with E-state index in [1.165, 1.54) is 12.2 Å². The first-order valence-corrected chi connectivity index (χ1v) is 6.27. The Balaban J connectivity index is 2.47. The van der Waals surface area contributed by atoms with Crippen LogP contribution in [-0.4, -0.2) is 39.7 Å². The first-order chi connectivity index (χ1) is 9.25. The van der Waals surface area contributed by atoms with E-state index >= 15 is 0 Å². The first kappa shape index (κ1) is 14.3. The molecule has 2 aliphatic heterocycles. The van der Waals surface area contributed by atoms with Gasteiger partial charge < -0.3 is 20.8 Å². The molecule has 2 atom stereocenters. The van der Waals surface area contributed by atoms with E-state index in [9.17, 15) is 14.7 Å². The van der Waals surface area contributed by atoms with Gasteiger partial charge in [0.25, 0.3) is 5.91 Å². The van der Waals surface area contributed by atoms with Gasteiger partial charge in [-0.05, 0) is 25.0 Å². The van der Waals surface area contributed by atoms with Gasteiger partial charge in [-0.3, -0.25) is 4.79 Å². The fraction of sp³-hybridized carbons (Fsp3) is 0.462. The van der Waals surface area contributed by atoms with Crippen molar-refractivity contribution in [2.24, 2.45) is 10.9 Å². The summed E-state index contributed by atoms with van der Waals surface area (Å²) in [6.07, 6.45) is 1.59. The number of aliphatic hydroxyl groups is 1. The van der Waals surface area contributed by atoms with Crippen LogP contribution in [0.1, 0.15) is 20.8 Å². The smallest absolute Gasteiger partial charge is 0.337 e. The van der Waals surface area contributed by atoms with Crippen molar-refractivity contribution >= 4 is 17.7 Å². The lowest BCUT2D eigenvalue weighted by Gasteiger charge is -2.21. The van der Waals surface area contributed by atoms with Gasteiger partial charge in [0.05, 0.1) is 11.3 Å². The maximum atomic E-state index is 12.0. The Labute approximate surface area is 116 Å². The Morgan fingerprint density at radius 3 is 2.65 bits per heavy atom. The van der Waals surface area contributed by atoms with Crippen LogP contribution >= 0.6 is 0 Å². The number of hydrogen-bond acceptors (Lipinski definition) is 5. The molecule has 108 valence electrons. The standard InChI is InChI=1S/C13H17N3O4/c1-6(2)13(3)12(20)15-10(16-13)9-7(11(18)19)4-5-8(17)14-9/h4-6,8,14,17H,1-3H3,(H,18,19)(H,15,16,20). The van der Waals surface area contributed by atoms with E-state index in [-0.39, 0.29) is 28.9 Å². The lowest BCUT2D eigenvalue weighted by Crippen LogP contribution is -2.43. The van der Waals surface area contributed by atoms with Crippen molar-refractivity contribution in [3.05, 3.63) is 23.4 Å². The average molecular weight is 279 g/mol. The van der Waals surface area contributed by atoms with Crippen molar-refractivity contribution < 1.29 is 19.8 Å². The largest absolute Gasteiger partial charge is 0.478 e. The Morgan fingerprint density at radius 2 is 2.15 bits per heavy atom. The molecule has 0 aromatic rings. The fourth-order valence-electron chi connectivity index (χ4n) is 1.97. The predicted molar refractivity (Wildman–Crippen MR) is 71.8 cm³/mol. The number of aliphatic carboxylic acids is 1. The zero-order valence-electron chi connectivity index (χ0n) is 11.5. The molecule has 2 rings (SSSR count). The van der Waals surface area contributed by atoms with Crippen molar-refractivity contribution in [3.63, 3.8) is 0 Å². The lowest BCUT2D eigenvalue weighted by atomic mass is 9.89. The van der Waals surface area contributed by atoms with Crippen LogP contribution in [0.3, 0.4) is 0 Å². The van der Waals surface area contributed by atoms with E-state index in [4.69, 9.17) is 5.11 Å². The molecule has 0 bridgehead atoms. The van der Waals surface area contributed by atoms with E-state index in [1.54, 1.807) is 6.92 Å². The van der Waals surface area contributed by atoms with Gasteiger partial charge in [0.15, 0.2) is 5.84 Å². The van der Waals surface area contributed by atoms with Crippen LogP contribution < -0.4 is 10.6 Å². The quantitative estimate of drug-likeness (QED) is 0.569. The van der Waals surface area contributed by atoms with Crippen LogP contribution in [0.25, 0.3) is 0 Å². The molecule has 4 N–H and O–H groups in total. The minimum Gasteiger partial charge on any atom is -0.478 e. The molecule has 0 aliphatic carbocycles. The number of amides is 1. The van der Waals surface area contributed by atoms with Gasteiger partial charge in [-0.2, -0.15) is 0 Å². The van der Waals surface area contributed by atoms with E-state index in [0.717, 1.165) is 0 Å². The number of aliphatic imine (C=N–C) groups is 1. The fourth-order valence-corrected chi connectivity index (χ4v) is 1.97. The number of aliphatic hydroxyl groups excluding tert-OH is 1. The molecule has 2 unspecified atom stereocenters. The minimum atomic E-state index is -1.16. The van der Waals surface area contributed by atoms with Gasteiger partial charge in [-0.1, -0.05) is 13.8 Å². The van der Waals surface area contributed by atoms with Crippen molar-refractivity contribution in [1.29, 1.82) is 0 Å². The van der Waals surface area contributed by atoms with Crippen molar-refractivity contribution in [2.75, 3.05) is 0 Å². The maximum Gasteiger partial charge on any atom is 0.337 e. The number of carbonyl (C=O) groups is 2. The second-order valence-corrected chi connectivity index (χ2v) is 5.26. The number of amidine groups is 1. The second-order valence-electron chi connectivity index (χ2n) is 5.26. The Kier molecular flexibility index (Phi) is 3.39. The van der Waals surface area contributed by atoms with Gasteiger partial charge >= 0.3 is 5.97 Å². The highest BCUT2D eigenvalue weighted by Gasteiger charge is 2.43. The summed E-state index contributed by atoms with van der Waals surface area (Å²) in [5.74, 6) is -1.35. The summed E-state index contributed by atoms with van der Waals surface area (Å²) in [7, 11) is 0. The van der Waals surface area contributed by atoms with Gasteiger partial charge in [-0.25, -0.2) is 9.79 Å². The SMILES string of the molecule is CC(C)C1(C)N=C(C2=C(C(=O)O)C=CC(O)N2)NC1=O. The molecule has 0 saturated heterocycles. The molecule has 20 heavy (non-hydrogen) atoms. The number of nitrogens with zero attached hydrogens (tertiary/aromatic N) is 1. The van der Waals surface area contributed by atoms with E-state index in [1.807, 2.05) is 13.8 Å². The van der Waals surface area contributed by atoms with E-state index in [0.29, 0.717) is 0 Å². The molecule has 1 amide bonds. The Bertz CT molecular complexity index is 562. The average Bonchev–Trinajstić information content (AvgIpc) is 2.66. The first-order valence-electron chi connectivity index (χ1n) is 6.27. The third-order valence-corrected chi connectivity index (χ3v) is 3.63. The summed E-state index contributed by atoms with van der Waals surface area (Å²) in [6, 6.07) is 0. The second kappa shape index (κ2) is 4.75. The number of carbonyl (C=O) groups excluding carboxylic acids is 1. The summed E-state index contributed by atoms with van der Waals surface area (Å²) >= 11 is 0. The monoisotopic (exact) mass is 279 g/mol. The van der Waals surface area contributed by atoms with Gasteiger partial charge in [-0.15, -0.1) is 0 Å². The highest BCUT2D eigenvalue weighted by atomic mass is 16.4. The topological polar surface area (TPSA) is 111 Å². The minimum absolute atomic E-state index is 0.0436. The predicted octanol–water partition coefficient (Wildman–Crippen LogP) is -0.254. The highest BCUT2D eigenvalue weighted by molar-refractivity contribution is 6.17. The molecule has 2 heterocycles. The summed E-state index contributed by atoms with van der Waals surface area (Å²) < 4.78 is 0. The van der Waals surface area contributed by atoms with Gasteiger partial charge in [0.1, 0.15) is 11.8 Å². The third-order valence-electron chi connectivity index (χ3n) is 3.63. The Hall–Kier alpha value is -2.15. The summed E-state index contributed by atoms with van der Waals surface area (Å²) in [5, 5.41) is 23.9. The van der Waals surface area contributed by atoms with Gasteiger partial charge in [0.2, 0.25) is 0 Å². The number of nitrogens with one attached hydrogen (secondary N) is 2. The zero-order valence-corrected chi connectivity index (χ0v) is 11.5. The third kappa shape index (κ3) is 2.20. The van der Waals surface area contributed by atoms with Crippen molar-refractivity contribution in [3.8, 4) is 0 Å². The van der Waals surface area contributed by atoms with Crippen LogP contribution in [0.15, 0.2) is 28.4 Å². The Morgan fingerprint density at radius 1 is 1.50 bits per heavy atom. The molecule has 2 aliphatic rings.